The molecule has 11 heteroatoms. The van der Waals surface area contributed by atoms with Crippen LogP contribution in [0.15, 0.2) is 18.2 Å². The van der Waals surface area contributed by atoms with Crippen LogP contribution in [0.25, 0.3) is 0 Å². The van der Waals surface area contributed by atoms with E-state index in [4.69, 9.17) is 4.74 Å². The van der Waals surface area contributed by atoms with Gasteiger partial charge >= 0.3 is 6.18 Å². The van der Waals surface area contributed by atoms with E-state index in [2.05, 4.69) is 15.5 Å². The Balaban J connectivity index is 1.47. The number of benzene rings is 1. The van der Waals surface area contributed by atoms with Gasteiger partial charge in [-0.1, -0.05) is 23.5 Å². The molecule has 2 aliphatic heterocycles. The van der Waals surface area contributed by atoms with Crippen molar-refractivity contribution in [3.05, 3.63) is 29.3 Å². The number of nitrogens with zero attached hydrogens (tertiary/aromatic N) is 4. The minimum Gasteiger partial charge on any atom is -0.493 e. The number of aromatic nitrogens is 2. The van der Waals surface area contributed by atoms with E-state index in [-0.39, 0.29) is 24.6 Å². The van der Waals surface area contributed by atoms with Gasteiger partial charge in [-0.15, -0.1) is 10.2 Å². The number of amides is 1. The third-order valence-electron chi connectivity index (χ3n) is 4.99. The van der Waals surface area contributed by atoms with Crippen LogP contribution in [0.2, 0.25) is 0 Å². The van der Waals surface area contributed by atoms with Crippen LogP contribution in [0.1, 0.15) is 24.1 Å². The Morgan fingerprint density at radius 3 is 2.69 bits per heavy atom. The fourth-order valence-electron chi connectivity index (χ4n) is 3.68. The second-order valence-corrected chi connectivity index (χ2v) is 7.96. The first-order valence-electron chi connectivity index (χ1n) is 9.23. The number of rotatable bonds is 4. The number of fused-ring (bicyclic) bond motifs is 1. The van der Waals surface area contributed by atoms with Crippen LogP contribution in [0.5, 0.6) is 5.75 Å². The highest BCUT2D eigenvalue weighted by molar-refractivity contribution is 7.19. The minimum atomic E-state index is -4.39. The molecule has 7 nitrogen and oxygen atoms in total. The van der Waals surface area contributed by atoms with Gasteiger partial charge in [0.15, 0.2) is 0 Å². The highest BCUT2D eigenvalue weighted by atomic mass is 32.1. The standard InChI is InChI=1S/C18H20F3N5O2S/c1-11(27)22-16-23-24-17(29-16)26-7-5-25(6-8-26)15(18(19,20)21)13-3-2-12-4-9-28-14(12)10-13/h2-3,10,15H,4-9H2,1H3,(H,22,23,27). The lowest BCUT2D eigenvalue weighted by molar-refractivity contribution is -0.187. The molecule has 1 aromatic carbocycles. The Kier molecular flexibility index (Phi) is 5.34. The molecule has 2 aromatic rings. The van der Waals surface area contributed by atoms with E-state index in [0.717, 1.165) is 12.0 Å². The van der Waals surface area contributed by atoms with Crippen LogP contribution in [0, 0.1) is 0 Å². The zero-order chi connectivity index (χ0) is 20.6. The van der Waals surface area contributed by atoms with E-state index in [1.54, 1.807) is 12.1 Å². The lowest BCUT2D eigenvalue weighted by Crippen LogP contribution is -2.50. The Bertz CT molecular complexity index is 896. The quantitative estimate of drug-likeness (QED) is 0.809. The smallest absolute Gasteiger partial charge is 0.408 e. The molecule has 1 amide bonds. The van der Waals surface area contributed by atoms with Crippen LogP contribution in [0.4, 0.5) is 23.4 Å². The van der Waals surface area contributed by atoms with Gasteiger partial charge in [0.1, 0.15) is 11.8 Å². The summed E-state index contributed by atoms with van der Waals surface area (Å²) in [6, 6.07) is 3.14. The Morgan fingerprint density at radius 2 is 2.00 bits per heavy atom. The lowest BCUT2D eigenvalue weighted by Gasteiger charge is -2.39. The van der Waals surface area contributed by atoms with Gasteiger partial charge in [0.25, 0.3) is 0 Å². The fourth-order valence-corrected chi connectivity index (χ4v) is 4.52. The summed E-state index contributed by atoms with van der Waals surface area (Å²) < 4.78 is 47.2. The first kappa shape index (κ1) is 19.9. The van der Waals surface area contributed by atoms with E-state index in [1.165, 1.54) is 29.2 Å². The number of alkyl halides is 3. The highest BCUT2D eigenvalue weighted by Crippen LogP contribution is 2.41. The molecule has 0 spiro atoms. The van der Waals surface area contributed by atoms with E-state index in [1.807, 2.05) is 4.90 Å². The Hall–Kier alpha value is -2.40. The van der Waals surface area contributed by atoms with Crippen molar-refractivity contribution in [3.63, 3.8) is 0 Å². The van der Waals surface area contributed by atoms with Crippen molar-refractivity contribution in [2.75, 3.05) is 43.0 Å². The van der Waals surface area contributed by atoms with Gasteiger partial charge in [0, 0.05) is 39.5 Å². The molecule has 156 valence electrons. The monoisotopic (exact) mass is 427 g/mol. The summed E-state index contributed by atoms with van der Waals surface area (Å²) in [5.41, 5.74) is 1.15. The highest BCUT2D eigenvalue weighted by Gasteiger charge is 2.45. The van der Waals surface area contributed by atoms with Gasteiger partial charge in [-0.05, 0) is 17.2 Å². The topological polar surface area (TPSA) is 70.6 Å². The largest absolute Gasteiger partial charge is 0.493 e. The number of nitrogens with one attached hydrogen (secondary N) is 1. The minimum absolute atomic E-state index is 0.204. The number of halogens is 3. The summed E-state index contributed by atoms with van der Waals surface area (Å²) in [5.74, 6) is 0.304. The van der Waals surface area contributed by atoms with E-state index < -0.39 is 12.2 Å². The van der Waals surface area contributed by atoms with Gasteiger partial charge in [0.2, 0.25) is 16.2 Å². The summed E-state index contributed by atoms with van der Waals surface area (Å²) in [7, 11) is 0. The first-order chi connectivity index (χ1) is 13.8. The summed E-state index contributed by atoms with van der Waals surface area (Å²) in [6.07, 6.45) is -3.66. The molecule has 0 radical (unpaired) electrons. The second-order valence-electron chi connectivity index (χ2n) is 7.00. The van der Waals surface area contributed by atoms with Crippen molar-refractivity contribution in [3.8, 4) is 5.75 Å². The predicted molar refractivity (Wildman–Crippen MR) is 102 cm³/mol. The number of piperazine rings is 1. The fraction of sp³-hybridized carbons (Fsp3) is 0.500. The molecular weight excluding hydrogens is 407 g/mol. The van der Waals surface area contributed by atoms with E-state index in [0.29, 0.717) is 35.7 Å². The molecule has 1 fully saturated rings. The predicted octanol–water partition coefficient (Wildman–Crippen LogP) is 2.86. The Morgan fingerprint density at radius 1 is 1.24 bits per heavy atom. The van der Waals surface area contributed by atoms with Gasteiger partial charge in [-0.25, -0.2) is 0 Å². The number of carbonyl (C=O) groups is 1. The average molecular weight is 427 g/mol. The van der Waals surface area contributed by atoms with Gasteiger partial charge in [-0.2, -0.15) is 13.2 Å². The van der Waals surface area contributed by atoms with Crippen molar-refractivity contribution >= 4 is 27.5 Å². The Labute approximate surface area is 169 Å². The van der Waals surface area contributed by atoms with E-state index >= 15 is 0 Å². The van der Waals surface area contributed by atoms with Crippen LogP contribution in [-0.4, -0.2) is 60.0 Å². The van der Waals surface area contributed by atoms with Gasteiger partial charge < -0.3 is 15.0 Å². The van der Waals surface area contributed by atoms with Crippen molar-refractivity contribution < 1.29 is 22.7 Å². The average Bonchev–Trinajstić information content (AvgIpc) is 3.30. The summed E-state index contributed by atoms with van der Waals surface area (Å²) in [5, 5.41) is 11.4. The number of carbonyl (C=O) groups excluding carboxylic acids is 1. The SMILES string of the molecule is CC(=O)Nc1nnc(N2CCN(C(c3ccc4c(c3)OCC4)C(F)(F)F)CC2)s1. The molecule has 4 rings (SSSR count). The molecule has 1 aromatic heterocycles. The molecule has 3 heterocycles. The number of ether oxygens (including phenoxy) is 1. The van der Waals surface area contributed by atoms with Crippen LogP contribution in [0.3, 0.4) is 0 Å². The molecule has 0 aliphatic carbocycles. The third-order valence-corrected chi connectivity index (χ3v) is 5.89. The summed E-state index contributed by atoms with van der Waals surface area (Å²) in [6.45, 7) is 3.14. The maximum atomic E-state index is 13.9. The molecule has 1 saturated heterocycles. The van der Waals surface area contributed by atoms with E-state index in [9.17, 15) is 18.0 Å². The zero-order valence-electron chi connectivity index (χ0n) is 15.7. The second kappa shape index (κ2) is 7.79. The summed E-state index contributed by atoms with van der Waals surface area (Å²) in [4.78, 5) is 14.4. The number of hydrogen-bond acceptors (Lipinski definition) is 7. The van der Waals surface area contributed by atoms with Crippen LogP contribution < -0.4 is 15.0 Å². The van der Waals surface area contributed by atoms with Crippen molar-refractivity contribution in [1.82, 2.24) is 15.1 Å². The molecule has 1 N–H and O–H groups in total. The molecule has 2 aliphatic rings. The van der Waals surface area contributed by atoms with Crippen molar-refractivity contribution in [2.45, 2.75) is 25.6 Å². The molecule has 29 heavy (non-hydrogen) atoms. The molecule has 1 atom stereocenters. The summed E-state index contributed by atoms with van der Waals surface area (Å²) >= 11 is 1.21. The third kappa shape index (κ3) is 4.30. The molecule has 0 saturated carbocycles. The maximum absolute atomic E-state index is 13.9. The lowest BCUT2D eigenvalue weighted by atomic mass is 10.0. The van der Waals surface area contributed by atoms with Crippen LogP contribution >= 0.6 is 11.3 Å². The normalized spacial score (nSPS) is 18.3. The number of anilines is 2. The first-order valence-corrected chi connectivity index (χ1v) is 10.1. The molecule has 1 unspecified atom stereocenters. The zero-order valence-corrected chi connectivity index (χ0v) is 16.5. The maximum Gasteiger partial charge on any atom is 0.408 e. The van der Waals surface area contributed by atoms with Crippen molar-refractivity contribution in [1.29, 1.82) is 0 Å². The van der Waals surface area contributed by atoms with Gasteiger partial charge in [-0.3, -0.25) is 9.69 Å². The van der Waals surface area contributed by atoms with Crippen LogP contribution in [-0.2, 0) is 11.2 Å². The molecular formula is C18H20F3N5O2S. The number of hydrogen-bond donors (Lipinski definition) is 1. The molecule has 0 bridgehead atoms. The van der Waals surface area contributed by atoms with Crippen molar-refractivity contribution in [2.24, 2.45) is 0 Å². The van der Waals surface area contributed by atoms with Gasteiger partial charge in [0.05, 0.1) is 6.61 Å².